The number of fused-ring (bicyclic) bond motifs is 4. The number of methoxy groups -OCH3 is 4. The molecule has 244 valence electrons. The van der Waals surface area contributed by atoms with Crippen LogP contribution in [-0.2, 0) is 44.6 Å². The van der Waals surface area contributed by atoms with Gasteiger partial charge in [-0.3, -0.25) is 0 Å². The lowest BCUT2D eigenvalue weighted by Crippen LogP contribution is -2.05. The van der Waals surface area contributed by atoms with Gasteiger partial charge in [-0.05, 0) is 92.4 Å². The second-order valence-electron chi connectivity index (χ2n) is 11.7. The van der Waals surface area contributed by atoms with Gasteiger partial charge in [0.05, 0.1) is 36.5 Å². The van der Waals surface area contributed by atoms with Gasteiger partial charge in [0.2, 0.25) is 0 Å². The standard InChI is InChI=1S/C40H40Cl2O5/c1-43-21-17-29-25-9-5-7-11-27(25)33(19-23-45-3)37-31(29)13-15-35(41)39(37)47-40-36(42)16-14-32-30(18-22-44-2)26-10-6-8-12-28(26)34(38(32)40)20-24-46-4/h5-16H,17-24H2,1-4H3. The SMILES string of the molecule is COCCc1c2ccccc2c(CCOC)c2c(Oc3c(Cl)ccc4c(CCOC)c5ccccc5c(CCOC)c34)c(Cl)ccc12. The molecule has 0 unspecified atom stereocenters. The van der Waals surface area contributed by atoms with Crippen LogP contribution in [0.5, 0.6) is 11.5 Å². The summed E-state index contributed by atoms with van der Waals surface area (Å²) in [6.07, 6.45) is 2.85. The van der Waals surface area contributed by atoms with Crippen molar-refractivity contribution >= 4 is 66.3 Å². The maximum atomic E-state index is 7.13. The first-order chi connectivity index (χ1) is 23.0. The predicted molar refractivity (Wildman–Crippen MR) is 195 cm³/mol. The zero-order chi connectivity index (χ0) is 32.9. The molecule has 0 spiro atoms. The molecule has 0 heterocycles. The highest BCUT2D eigenvalue weighted by Crippen LogP contribution is 2.48. The van der Waals surface area contributed by atoms with Crippen molar-refractivity contribution in [1.29, 1.82) is 0 Å². The number of halogens is 2. The summed E-state index contributed by atoms with van der Waals surface area (Å²) >= 11 is 14.3. The fourth-order valence-corrected chi connectivity index (χ4v) is 7.36. The Balaban J connectivity index is 1.70. The maximum Gasteiger partial charge on any atom is 0.154 e. The molecule has 0 N–H and O–H groups in total. The average molecular weight is 672 g/mol. The summed E-state index contributed by atoms with van der Waals surface area (Å²) in [4.78, 5) is 0. The van der Waals surface area contributed by atoms with E-state index in [9.17, 15) is 0 Å². The van der Waals surface area contributed by atoms with E-state index < -0.39 is 0 Å². The number of rotatable bonds is 14. The monoisotopic (exact) mass is 670 g/mol. The van der Waals surface area contributed by atoms with Gasteiger partial charge in [0.15, 0.2) is 11.5 Å². The van der Waals surface area contributed by atoms with Gasteiger partial charge in [0.25, 0.3) is 0 Å². The van der Waals surface area contributed by atoms with E-state index >= 15 is 0 Å². The van der Waals surface area contributed by atoms with Crippen LogP contribution < -0.4 is 4.74 Å². The molecular formula is C40H40Cl2O5. The lowest BCUT2D eigenvalue weighted by atomic mass is 9.88. The van der Waals surface area contributed by atoms with Crippen molar-refractivity contribution in [2.45, 2.75) is 25.7 Å². The molecule has 0 atom stereocenters. The molecule has 0 aliphatic rings. The molecule has 5 nitrogen and oxygen atoms in total. The Morgan fingerprint density at radius 3 is 1.06 bits per heavy atom. The van der Waals surface area contributed by atoms with Crippen LogP contribution in [0, 0.1) is 0 Å². The zero-order valence-electron chi connectivity index (χ0n) is 27.4. The summed E-state index contributed by atoms with van der Waals surface area (Å²) in [6.45, 7) is 2.27. The highest BCUT2D eigenvalue weighted by molar-refractivity contribution is 6.35. The van der Waals surface area contributed by atoms with E-state index in [0.29, 0.717) is 60.8 Å². The fraction of sp³-hybridized carbons (Fsp3) is 0.300. The molecule has 0 bridgehead atoms. The third-order valence-corrected chi connectivity index (χ3v) is 9.65. The number of ether oxygens (including phenoxy) is 5. The molecule has 0 amide bonds. The highest BCUT2D eigenvalue weighted by atomic mass is 35.5. The lowest BCUT2D eigenvalue weighted by molar-refractivity contribution is 0.202. The van der Waals surface area contributed by atoms with Gasteiger partial charge in [-0.15, -0.1) is 0 Å². The summed E-state index contributed by atoms with van der Waals surface area (Å²) in [5.74, 6) is 1.16. The van der Waals surface area contributed by atoms with Crippen LogP contribution in [-0.4, -0.2) is 54.9 Å². The molecule has 7 heteroatoms. The lowest BCUT2D eigenvalue weighted by Gasteiger charge is -2.23. The molecular weight excluding hydrogens is 631 g/mol. The Bertz CT molecular complexity index is 1910. The normalized spacial score (nSPS) is 11.8. The van der Waals surface area contributed by atoms with Crippen LogP contribution in [0.15, 0.2) is 72.8 Å². The van der Waals surface area contributed by atoms with Crippen LogP contribution in [0.2, 0.25) is 10.0 Å². The second kappa shape index (κ2) is 15.2. The number of benzene rings is 6. The highest BCUT2D eigenvalue weighted by Gasteiger charge is 2.24. The van der Waals surface area contributed by atoms with E-state index in [1.54, 1.807) is 28.4 Å². The molecule has 0 radical (unpaired) electrons. The molecule has 0 fully saturated rings. The first-order valence-electron chi connectivity index (χ1n) is 16.0. The van der Waals surface area contributed by atoms with Gasteiger partial charge in [-0.25, -0.2) is 0 Å². The fourth-order valence-electron chi connectivity index (χ4n) is 6.97. The van der Waals surface area contributed by atoms with Crippen LogP contribution in [0.3, 0.4) is 0 Å². The molecule has 0 saturated carbocycles. The Hall–Kier alpha value is -3.42. The van der Waals surface area contributed by atoms with Gasteiger partial charge >= 0.3 is 0 Å². The van der Waals surface area contributed by atoms with E-state index in [-0.39, 0.29) is 0 Å². The molecule has 47 heavy (non-hydrogen) atoms. The van der Waals surface area contributed by atoms with E-state index in [1.165, 1.54) is 21.9 Å². The minimum Gasteiger partial charge on any atom is -0.453 e. The van der Waals surface area contributed by atoms with E-state index in [2.05, 4.69) is 60.7 Å². The van der Waals surface area contributed by atoms with Crippen molar-refractivity contribution in [3.05, 3.63) is 105 Å². The van der Waals surface area contributed by atoms with Crippen molar-refractivity contribution in [3.63, 3.8) is 0 Å². The largest absolute Gasteiger partial charge is 0.453 e. The van der Waals surface area contributed by atoms with Gasteiger partial charge in [0, 0.05) is 39.2 Å². The quantitative estimate of drug-likeness (QED) is 0.108. The van der Waals surface area contributed by atoms with Crippen molar-refractivity contribution in [2.75, 3.05) is 54.9 Å². The summed E-state index contributed by atoms with van der Waals surface area (Å²) in [7, 11) is 6.92. The summed E-state index contributed by atoms with van der Waals surface area (Å²) in [5.41, 5.74) is 4.63. The van der Waals surface area contributed by atoms with E-state index in [4.69, 9.17) is 46.9 Å². The topological polar surface area (TPSA) is 46.2 Å². The van der Waals surface area contributed by atoms with Gasteiger partial charge in [-0.2, -0.15) is 0 Å². The first-order valence-corrected chi connectivity index (χ1v) is 16.7. The zero-order valence-corrected chi connectivity index (χ0v) is 28.9. The van der Waals surface area contributed by atoms with E-state index in [1.807, 2.05) is 12.1 Å². The van der Waals surface area contributed by atoms with Crippen LogP contribution in [0.4, 0.5) is 0 Å². The van der Waals surface area contributed by atoms with Gasteiger partial charge in [-0.1, -0.05) is 83.9 Å². The number of hydrogen-bond acceptors (Lipinski definition) is 5. The van der Waals surface area contributed by atoms with Crippen LogP contribution in [0.25, 0.3) is 43.1 Å². The van der Waals surface area contributed by atoms with Crippen molar-refractivity contribution < 1.29 is 23.7 Å². The smallest absolute Gasteiger partial charge is 0.154 e. The minimum absolute atomic E-state index is 0.510. The molecule has 0 saturated heterocycles. The summed E-state index contributed by atoms with van der Waals surface area (Å²) < 4.78 is 29.4. The third-order valence-electron chi connectivity index (χ3n) is 9.06. The maximum absolute atomic E-state index is 7.13. The predicted octanol–water partition coefficient (Wildman–Crippen LogP) is 10.2. The second-order valence-corrected chi connectivity index (χ2v) is 12.5. The summed E-state index contributed by atoms with van der Waals surface area (Å²) in [6, 6.07) is 25.1. The molecule has 0 aliphatic heterocycles. The third kappa shape index (κ3) is 6.41. The Morgan fingerprint density at radius 1 is 0.404 bits per heavy atom. The summed E-state index contributed by atoms with van der Waals surface area (Å²) in [5, 5.41) is 9.78. The molecule has 0 aromatic heterocycles. The van der Waals surface area contributed by atoms with Crippen molar-refractivity contribution in [3.8, 4) is 11.5 Å². The van der Waals surface area contributed by atoms with Crippen molar-refractivity contribution in [1.82, 2.24) is 0 Å². The van der Waals surface area contributed by atoms with Crippen LogP contribution >= 0.6 is 23.2 Å². The average Bonchev–Trinajstić information content (AvgIpc) is 3.09. The molecule has 6 rings (SSSR count). The number of hydrogen-bond donors (Lipinski definition) is 0. The molecule has 6 aromatic rings. The Labute approximate surface area is 286 Å². The van der Waals surface area contributed by atoms with Gasteiger partial charge < -0.3 is 23.7 Å². The van der Waals surface area contributed by atoms with Gasteiger partial charge in [0.1, 0.15) is 0 Å². The Kier molecular flexibility index (Phi) is 10.8. The molecule has 0 aliphatic carbocycles. The molecule has 6 aromatic carbocycles. The van der Waals surface area contributed by atoms with Crippen LogP contribution in [0.1, 0.15) is 22.3 Å². The Morgan fingerprint density at radius 2 is 0.723 bits per heavy atom. The van der Waals surface area contributed by atoms with E-state index in [0.717, 1.165) is 56.3 Å². The van der Waals surface area contributed by atoms with Crippen molar-refractivity contribution in [2.24, 2.45) is 0 Å². The minimum atomic E-state index is 0.510. The first kappa shape index (κ1) is 33.5.